The summed E-state index contributed by atoms with van der Waals surface area (Å²) < 4.78 is 5.44. The van der Waals surface area contributed by atoms with Crippen molar-refractivity contribution in [2.24, 2.45) is 0 Å². The summed E-state index contributed by atoms with van der Waals surface area (Å²) in [5, 5.41) is 0. The van der Waals surface area contributed by atoms with Gasteiger partial charge in [0.1, 0.15) is 5.60 Å². The summed E-state index contributed by atoms with van der Waals surface area (Å²) in [6, 6.07) is 8.44. The second-order valence-electron chi connectivity index (χ2n) is 5.28. The van der Waals surface area contributed by atoms with Crippen molar-refractivity contribution in [1.82, 2.24) is 0 Å². The van der Waals surface area contributed by atoms with Crippen molar-refractivity contribution in [2.75, 3.05) is 7.11 Å². The number of Topliss-reactive ketones (excluding diaryl/α,β-unsaturated/α-hetero) is 1. The first-order valence-corrected chi connectivity index (χ1v) is 6.41. The van der Waals surface area contributed by atoms with Crippen molar-refractivity contribution in [1.29, 1.82) is 0 Å². The number of rotatable bonds is 4. The van der Waals surface area contributed by atoms with Crippen LogP contribution in [0.15, 0.2) is 24.3 Å². The molecule has 1 aromatic rings. The summed E-state index contributed by atoms with van der Waals surface area (Å²) in [6.07, 6.45) is 4.67. The van der Waals surface area contributed by atoms with Crippen LogP contribution in [-0.2, 0) is 16.0 Å². The Kier molecular flexibility index (Phi) is 2.55. The van der Waals surface area contributed by atoms with Gasteiger partial charge in [-0.3, -0.25) is 4.79 Å². The van der Waals surface area contributed by atoms with E-state index in [9.17, 15) is 4.79 Å². The lowest BCUT2D eigenvalue weighted by molar-refractivity contribution is -0.152. The van der Waals surface area contributed by atoms with Gasteiger partial charge >= 0.3 is 0 Å². The van der Waals surface area contributed by atoms with Gasteiger partial charge in [-0.15, -0.1) is 0 Å². The smallest absolute Gasteiger partial charge is 0.165 e. The molecule has 0 aliphatic heterocycles. The standard InChI is InChI=1S/C15H18O2/c1-17-15(7-4-8-15)14(16)10-12-9-11-5-2-3-6-13(11)12/h2-3,5-6,12H,4,7-10H2,1H3. The summed E-state index contributed by atoms with van der Waals surface area (Å²) in [7, 11) is 1.67. The molecule has 1 fully saturated rings. The van der Waals surface area contributed by atoms with Crippen molar-refractivity contribution in [2.45, 2.75) is 43.6 Å². The number of ketones is 1. The van der Waals surface area contributed by atoms with Crippen LogP contribution < -0.4 is 0 Å². The number of carbonyl (C=O) groups excluding carboxylic acids is 1. The molecule has 1 saturated carbocycles. The minimum absolute atomic E-state index is 0.311. The Bertz CT molecular complexity index is 440. The highest BCUT2D eigenvalue weighted by Gasteiger charge is 2.45. The highest BCUT2D eigenvalue weighted by atomic mass is 16.5. The fraction of sp³-hybridized carbons (Fsp3) is 0.533. The Hall–Kier alpha value is -1.15. The zero-order valence-corrected chi connectivity index (χ0v) is 10.2. The fourth-order valence-electron chi connectivity index (χ4n) is 3.05. The van der Waals surface area contributed by atoms with E-state index in [0.717, 1.165) is 25.7 Å². The molecule has 0 spiro atoms. The molecule has 2 nitrogen and oxygen atoms in total. The van der Waals surface area contributed by atoms with Crippen LogP contribution >= 0.6 is 0 Å². The predicted octanol–water partition coefficient (Wildman–Crippen LogP) is 2.85. The fourth-order valence-corrected chi connectivity index (χ4v) is 3.05. The molecule has 0 heterocycles. The first-order chi connectivity index (χ1) is 8.25. The average Bonchev–Trinajstić information content (AvgIpc) is 2.25. The molecule has 1 atom stereocenters. The van der Waals surface area contributed by atoms with Gasteiger partial charge in [0, 0.05) is 13.5 Å². The van der Waals surface area contributed by atoms with Gasteiger partial charge in [0.05, 0.1) is 0 Å². The van der Waals surface area contributed by atoms with Gasteiger partial charge in [0.2, 0.25) is 0 Å². The number of ether oxygens (including phenoxy) is 1. The quantitative estimate of drug-likeness (QED) is 0.795. The van der Waals surface area contributed by atoms with Crippen LogP contribution in [0.4, 0.5) is 0 Å². The maximum Gasteiger partial charge on any atom is 0.165 e. The van der Waals surface area contributed by atoms with Crippen molar-refractivity contribution >= 4 is 5.78 Å². The third-order valence-electron chi connectivity index (χ3n) is 4.45. The molecule has 0 amide bonds. The Morgan fingerprint density at radius 2 is 2.18 bits per heavy atom. The molecule has 2 heteroatoms. The van der Waals surface area contributed by atoms with Gasteiger partial charge < -0.3 is 4.74 Å². The molecule has 1 unspecified atom stereocenters. The SMILES string of the molecule is COC1(C(=O)CC2Cc3ccccc32)CCC1. The summed E-state index contributed by atoms with van der Waals surface area (Å²) in [4.78, 5) is 12.3. The highest BCUT2D eigenvalue weighted by molar-refractivity contribution is 5.89. The zero-order chi connectivity index (χ0) is 11.9. The monoisotopic (exact) mass is 230 g/mol. The number of fused-ring (bicyclic) bond motifs is 1. The van der Waals surface area contributed by atoms with Crippen LogP contribution in [0.2, 0.25) is 0 Å². The molecule has 0 bridgehead atoms. The van der Waals surface area contributed by atoms with E-state index >= 15 is 0 Å². The first kappa shape index (κ1) is 11.0. The van der Waals surface area contributed by atoms with E-state index in [0.29, 0.717) is 18.1 Å². The summed E-state index contributed by atoms with van der Waals surface area (Å²) in [5.41, 5.74) is 2.35. The summed E-state index contributed by atoms with van der Waals surface area (Å²) in [5.74, 6) is 0.747. The van der Waals surface area contributed by atoms with Gasteiger partial charge in [-0.05, 0) is 42.7 Å². The van der Waals surface area contributed by atoms with E-state index < -0.39 is 5.60 Å². The number of methoxy groups -OCH3 is 1. The van der Waals surface area contributed by atoms with Crippen molar-refractivity contribution in [3.05, 3.63) is 35.4 Å². The molecule has 0 aromatic heterocycles. The number of benzene rings is 1. The van der Waals surface area contributed by atoms with Crippen molar-refractivity contribution in [3.63, 3.8) is 0 Å². The Labute approximate surface area is 102 Å². The molecule has 0 radical (unpaired) electrons. The van der Waals surface area contributed by atoms with Gasteiger partial charge in [-0.25, -0.2) is 0 Å². The van der Waals surface area contributed by atoms with E-state index in [1.165, 1.54) is 11.1 Å². The van der Waals surface area contributed by atoms with Gasteiger partial charge in [0.15, 0.2) is 5.78 Å². The van der Waals surface area contributed by atoms with Gasteiger partial charge in [-0.2, -0.15) is 0 Å². The third kappa shape index (κ3) is 1.62. The van der Waals surface area contributed by atoms with E-state index in [4.69, 9.17) is 4.74 Å². The Morgan fingerprint density at radius 1 is 1.41 bits per heavy atom. The molecular formula is C15H18O2. The van der Waals surface area contributed by atoms with Crippen molar-refractivity contribution in [3.8, 4) is 0 Å². The lowest BCUT2D eigenvalue weighted by Crippen LogP contribution is -2.47. The van der Waals surface area contributed by atoms with Crippen LogP contribution in [0.1, 0.15) is 42.7 Å². The lowest BCUT2D eigenvalue weighted by Gasteiger charge is -2.41. The summed E-state index contributed by atoms with van der Waals surface area (Å²) in [6.45, 7) is 0. The molecule has 2 aliphatic rings. The Morgan fingerprint density at radius 3 is 2.76 bits per heavy atom. The molecule has 2 aliphatic carbocycles. The highest BCUT2D eigenvalue weighted by Crippen LogP contribution is 2.42. The van der Waals surface area contributed by atoms with Gasteiger partial charge in [0.25, 0.3) is 0 Å². The summed E-state index contributed by atoms with van der Waals surface area (Å²) >= 11 is 0. The van der Waals surface area contributed by atoms with Crippen LogP contribution in [-0.4, -0.2) is 18.5 Å². The zero-order valence-electron chi connectivity index (χ0n) is 10.2. The van der Waals surface area contributed by atoms with Crippen LogP contribution in [0.3, 0.4) is 0 Å². The van der Waals surface area contributed by atoms with Gasteiger partial charge in [-0.1, -0.05) is 24.3 Å². The minimum atomic E-state index is -0.426. The molecule has 3 rings (SSSR count). The second kappa shape index (κ2) is 3.95. The largest absolute Gasteiger partial charge is 0.370 e. The minimum Gasteiger partial charge on any atom is -0.370 e. The lowest BCUT2D eigenvalue weighted by atomic mass is 9.69. The number of hydrogen-bond acceptors (Lipinski definition) is 2. The third-order valence-corrected chi connectivity index (χ3v) is 4.45. The average molecular weight is 230 g/mol. The molecular weight excluding hydrogens is 212 g/mol. The maximum absolute atomic E-state index is 12.3. The number of hydrogen-bond donors (Lipinski definition) is 0. The first-order valence-electron chi connectivity index (χ1n) is 6.41. The molecule has 0 N–H and O–H groups in total. The second-order valence-corrected chi connectivity index (χ2v) is 5.28. The van der Waals surface area contributed by atoms with E-state index in [1.807, 2.05) is 0 Å². The molecule has 17 heavy (non-hydrogen) atoms. The van der Waals surface area contributed by atoms with Crippen molar-refractivity contribution < 1.29 is 9.53 Å². The molecule has 1 aromatic carbocycles. The van der Waals surface area contributed by atoms with Crippen LogP contribution in [0, 0.1) is 0 Å². The van der Waals surface area contributed by atoms with E-state index in [2.05, 4.69) is 24.3 Å². The van der Waals surface area contributed by atoms with Crippen LogP contribution in [0.25, 0.3) is 0 Å². The Balaban J connectivity index is 1.68. The molecule has 90 valence electrons. The predicted molar refractivity (Wildman–Crippen MR) is 66.1 cm³/mol. The molecule has 0 saturated heterocycles. The van der Waals surface area contributed by atoms with E-state index in [-0.39, 0.29) is 0 Å². The maximum atomic E-state index is 12.3. The normalized spacial score (nSPS) is 24.4. The number of carbonyl (C=O) groups is 1. The topological polar surface area (TPSA) is 26.3 Å². The van der Waals surface area contributed by atoms with Crippen LogP contribution in [0.5, 0.6) is 0 Å². The van der Waals surface area contributed by atoms with E-state index in [1.54, 1.807) is 7.11 Å².